The molecule has 0 unspecified atom stereocenters. The van der Waals surface area contributed by atoms with Gasteiger partial charge in [-0.1, -0.05) is 0 Å². The number of benzene rings is 1. The molecule has 12 heavy (non-hydrogen) atoms. The molecule has 0 aromatic heterocycles. The summed E-state index contributed by atoms with van der Waals surface area (Å²) >= 11 is 0. The number of hydrogen-bond donors (Lipinski definition) is 1. The van der Waals surface area contributed by atoms with Crippen molar-refractivity contribution in [1.29, 1.82) is 0 Å². The van der Waals surface area contributed by atoms with Crippen LogP contribution in [0.25, 0.3) is 6.08 Å². The molecule has 0 aliphatic carbocycles. The van der Waals surface area contributed by atoms with Gasteiger partial charge in [0.25, 0.3) is 0 Å². The van der Waals surface area contributed by atoms with Crippen LogP contribution in [0.15, 0.2) is 24.3 Å². The van der Waals surface area contributed by atoms with Gasteiger partial charge in [-0.3, -0.25) is 4.79 Å². The van der Waals surface area contributed by atoms with Crippen LogP contribution in [-0.2, 0) is 37.5 Å². The Morgan fingerprint density at radius 3 is 2.83 bits per heavy atom. The van der Waals surface area contributed by atoms with Gasteiger partial charge in [-0.05, 0) is 0 Å². The second kappa shape index (κ2) is 6.09. The van der Waals surface area contributed by atoms with Gasteiger partial charge < -0.3 is 16.7 Å². The summed E-state index contributed by atoms with van der Waals surface area (Å²) < 4.78 is 0. The summed E-state index contributed by atoms with van der Waals surface area (Å²) in [6.07, 6.45) is 3.50. The molecule has 0 saturated carbocycles. The fraction of sp³-hybridized carbons (Fsp3) is 0. The minimum absolute atomic E-state index is 0. The Morgan fingerprint density at radius 2 is 2.33 bits per heavy atom. The first-order chi connectivity index (χ1) is 5.29. The Kier molecular flexibility index (Phi) is 5.86. The van der Waals surface area contributed by atoms with Crippen molar-refractivity contribution < 1.29 is 42.6 Å². The molecule has 1 rings (SSSR count). The molecule has 0 amide bonds. The molecular formula is C9H6O2Y-2. The average molecular weight is 235 g/mol. The van der Waals surface area contributed by atoms with E-state index in [-0.39, 0.29) is 32.7 Å². The summed E-state index contributed by atoms with van der Waals surface area (Å²) in [6, 6.07) is 9.95. The Morgan fingerprint density at radius 1 is 1.58 bits per heavy atom. The Balaban J connectivity index is 0.00000121. The third kappa shape index (κ3) is 4.42. The van der Waals surface area contributed by atoms with E-state index in [9.17, 15) is 4.79 Å². The Labute approximate surface area is 96.2 Å². The number of aliphatic carboxylic acids is 1. The maximum absolute atomic E-state index is 10.0. The van der Waals surface area contributed by atoms with Crippen molar-refractivity contribution in [3.8, 4) is 0 Å². The van der Waals surface area contributed by atoms with Crippen LogP contribution in [0.5, 0.6) is 0 Å². The van der Waals surface area contributed by atoms with Crippen LogP contribution in [-0.4, -0.2) is 11.1 Å². The van der Waals surface area contributed by atoms with Gasteiger partial charge in [-0.2, -0.15) is 12.1 Å². The molecule has 1 radical (unpaired) electrons. The zero-order valence-corrected chi connectivity index (χ0v) is 9.16. The summed E-state index contributed by atoms with van der Waals surface area (Å²) in [5, 5.41) is 8.22. The van der Waals surface area contributed by atoms with E-state index in [0.29, 0.717) is 0 Å². The maximum atomic E-state index is 10.0. The van der Waals surface area contributed by atoms with E-state index in [0.717, 1.165) is 5.56 Å². The largest absolute Gasteiger partial charge is 0.493 e. The molecule has 0 heterocycles. The molecule has 1 N–H and O–H groups in total. The van der Waals surface area contributed by atoms with Gasteiger partial charge in [0.15, 0.2) is 0 Å². The second-order valence-electron chi connectivity index (χ2n) is 1.91. The monoisotopic (exact) mass is 235 g/mol. The smallest absolute Gasteiger partial charge is 0.225 e. The molecule has 0 aliphatic rings. The molecule has 59 valence electrons. The van der Waals surface area contributed by atoms with Gasteiger partial charge in [-0.25, -0.2) is 18.2 Å². The van der Waals surface area contributed by atoms with Crippen LogP contribution >= 0.6 is 0 Å². The number of hydrogen-bond acceptors (Lipinski definition) is 1. The molecule has 1 aromatic rings. The van der Waals surface area contributed by atoms with Gasteiger partial charge in [0, 0.05) is 32.7 Å². The summed E-state index contributed by atoms with van der Waals surface area (Å²) in [4.78, 5) is 10.0. The third-order valence-corrected chi connectivity index (χ3v) is 1.08. The third-order valence-electron chi connectivity index (χ3n) is 1.08. The van der Waals surface area contributed by atoms with E-state index >= 15 is 0 Å². The molecular weight excluding hydrogens is 229 g/mol. The summed E-state index contributed by atoms with van der Waals surface area (Å²) in [5.74, 6) is -1.07. The van der Waals surface area contributed by atoms with Crippen LogP contribution in [0.3, 0.4) is 0 Å². The van der Waals surface area contributed by atoms with Crippen molar-refractivity contribution in [2.45, 2.75) is 0 Å². The van der Waals surface area contributed by atoms with Crippen molar-refractivity contribution in [3.63, 3.8) is 0 Å². The van der Waals surface area contributed by atoms with Crippen LogP contribution in [0.1, 0.15) is 5.56 Å². The number of carboxylic acids is 1. The van der Waals surface area contributed by atoms with Crippen molar-refractivity contribution >= 4 is 12.0 Å². The Bertz CT molecular complexity index is 267. The standard InChI is InChI=1S/C9H6O2.Y/c10-9(11)7-6-8-4-2-1-3-5-8;/h1-4,6H,(H,10,11);/q-2;. The maximum Gasteiger partial charge on any atom is 0.225 e. The average Bonchev–Trinajstić information content (AvgIpc) is 2.03. The van der Waals surface area contributed by atoms with Crippen LogP contribution in [0, 0.1) is 12.1 Å². The van der Waals surface area contributed by atoms with E-state index < -0.39 is 5.97 Å². The Hall–Kier alpha value is -0.466. The fourth-order valence-electron chi connectivity index (χ4n) is 0.636. The van der Waals surface area contributed by atoms with E-state index in [4.69, 9.17) is 5.11 Å². The SMILES string of the molecule is O=C(O)[C-]=Cc1[c-]cccc1.[Y]. The van der Waals surface area contributed by atoms with Crippen molar-refractivity contribution in [3.05, 3.63) is 42.0 Å². The van der Waals surface area contributed by atoms with Crippen LogP contribution in [0.2, 0.25) is 0 Å². The van der Waals surface area contributed by atoms with Crippen molar-refractivity contribution in [2.24, 2.45) is 0 Å². The molecule has 0 saturated heterocycles. The predicted octanol–water partition coefficient (Wildman–Crippen LogP) is 1.39. The van der Waals surface area contributed by atoms with E-state index in [1.807, 2.05) is 12.1 Å². The van der Waals surface area contributed by atoms with Gasteiger partial charge in [0.1, 0.15) is 0 Å². The number of rotatable bonds is 2. The van der Waals surface area contributed by atoms with Gasteiger partial charge in [0.05, 0.1) is 0 Å². The van der Waals surface area contributed by atoms with Gasteiger partial charge in [0.2, 0.25) is 5.97 Å². The topological polar surface area (TPSA) is 37.3 Å². The first-order valence-corrected chi connectivity index (χ1v) is 3.08. The molecule has 0 spiro atoms. The minimum atomic E-state index is -1.07. The van der Waals surface area contributed by atoms with Gasteiger partial charge >= 0.3 is 0 Å². The van der Waals surface area contributed by atoms with Gasteiger partial charge in [-0.15, -0.1) is 6.07 Å². The zero-order chi connectivity index (χ0) is 8.10. The van der Waals surface area contributed by atoms with Crippen LogP contribution < -0.4 is 0 Å². The van der Waals surface area contributed by atoms with E-state index in [1.165, 1.54) is 6.08 Å². The fourth-order valence-corrected chi connectivity index (χ4v) is 0.636. The molecule has 1 aromatic carbocycles. The molecule has 0 atom stereocenters. The van der Waals surface area contributed by atoms with Crippen molar-refractivity contribution in [1.82, 2.24) is 0 Å². The summed E-state index contributed by atoms with van der Waals surface area (Å²) in [7, 11) is 0. The molecule has 3 heteroatoms. The van der Waals surface area contributed by atoms with Crippen LogP contribution in [0.4, 0.5) is 0 Å². The number of carboxylic acid groups (broad SMARTS) is 1. The molecule has 0 aliphatic heterocycles. The normalized spacial score (nSPS) is 9.33. The van der Waals surface area contributed by atoms with E-state index in [2.05, 4.69) is 12.1 Å². The molecule has 0 bridgehead atoms. The second-order valence-corrected chi connectivity index (χ2v) is 1.91. The first kappa shape index (κ1) is 11.5. The van der Waals surface area contributed by atoms with Crippen molar-refractivity contribution in [2.75, 3.05) is 0 Å². The quantitative estimate of drug-likeness (QED) is 0.621. The first-order valence-electron chi connectivity index (χ1n) is 3.08. The minimum Gasteiger partial charge on any atom is -0.493 e. The zero-order valence-electron chi connectivity index (χ0n) is 6.32. The summed E-state index contributed by atoms with van der Waals surface area (Å²) in [5.41, 5.74) is 0.718. The number of carbonyl (C=O) groups is 1. The molecule has 0 fully saturated rings. The van der Waals surface area contributed by atoms with E-state index in [1.54, 1.807) is 12.1 Å². The predicted molar refractivity (Wildman–Crippen MR) is 40.6 cm³/mol. The summed E-state index contributed by atoms with van der Waals surface area (Å²) in [6.45, 7) is 0. The molecule has 2 nitrogen and oxygen atoms in total.